The zero-order valence-electron chi connectivity index (χ0n) is 16.3. The third-order valence-corrected chi connectivity index (χ3v) is 4.23. The molecule has 0 saturated heterocycles. The SMILES string of the molecule is CCCCOc1ccccc1C(=O)Nc1ccc(CCC(=O)N(C)C)cc1. The Hall–Kier alpha value is -2.82. The van der Waals surface area contributed by atoms with Crippen LogP contribution in [-0.4, -0.2) is 37.4 Å². The summed E-state index contributed by atoms with van der Waals surface area (Å²) in [6.07, 6.45) is 3.15. The summed E-state index contributed by atoms with van der Waals surface area (Å²) in [5.41, 5.74) is 2.30. The molecule has 5 heteroatoms. The van der Waals surface area contributed by atoms with E-state index < -0.39 is 0 Å². The number of hydrogen-bond acceptors (Lipinski definition) is 3. The first-order valence-corrected chi connectivity index (χ1v) is 9.33. The molecule has 0 atom stereocenters. The Balaban J connectivity index is 1.97. The van der Waals surface area contributed by atoms with Crippen molar-refractivity contribution in [2.45, 2.75) is 32.6 Å². The van der Waals surface area contributed by atoms with Crippen LogP contribution >= 0.6 is 0 Å². The van der Waals surface area contributed by atoms with E-state index in [1.54, 1.807) is 25.1 Å². The lowest BCUT2D eigenvalue weighted by atomic mass is 10.1. The van der Waals surface area contributed by atoms with Crippen LogP contribution in [0.2, 0.25) is 0 Å². The highest BCUT2D eigenvalue weighted by Gasteiger charge is 2.12. The Bertz CT molecular complexity index is 754. The summed E-state index contributed by atoms with van der Waals surface area (Å²) >= 11 is 0. The lowest BCUT2D eigenvalue weighted by molar-refractivity contribution is -0.128. The number of aryl methyl sites for hydroxylation is 1. The average molecular weight is 368 g/mol. The molecule has 0 aliphatic carbocycles. The number of unbranched alkanes of at least 4 members (excludes halogenated alkanes) is 1. The summed E-state index contributed by atoms with van der Waals surface area (Å²) in [7, 11) is 3.51. The fraction of sp³-hybridized carbons (Fsp3) is 0.364. The standard InChI is InChI=1S/C22H28N2O3/c1-4-5-16-27-20-9-7-6-8-19(20)22(26)23-18-13-10-17(11-14-18)12-15-21(25)24(2)3/h6-11,13-14H,4-5,12,15-16H2,1-3H3,(H,23,26). The monoisotopic (exact) mass is 368 g/mol. The summed E-state index contributed by atoms with van der Waals surface area (Å²) in [5, 5.41) is 2.91. The van der Waals surface area contributed by atoms with Crippen LogP contribution < -0.4 is 10.1 Å². The average Bonchev–Trinajstić information content (AvgIpc) is 2.67. The maximum Gasteiger partial charge on any atom is 0.259 e. The Morgan fingerprint density at radius 2 is 1.74 bits per heavy atom. The lowest BCUT2D eigenvalue weighted by Crippen LogP contribution is -2.21. The van der Waals surface area contributed by atoms with Gasteiger partial charge in [-0.1, -0.05) is 37.6 Å². The minimum atomic E-state index is -0.197. The normalized spacial score (nSPS) is 10.3. The highest BCUT2D eigenvalue weighted by Crippen LogP contribution is 2.20. The molecule has 0 fully saturated rings. The number of para-hydroxylation sites is 1. The molecule has 2 aromatic rings. The van der Waals surface area contributed by atoms with Gasteiger partial charge in [0, 0.05) is 26.2 Å². The van der Waals surface area contributed by atoms with Crippen LogP contribution in [0.3, 0.4) is 0 Å². The molecule has 0 aliphatic heterocycles. The molecule has 2 rings (SSSR count). The van der Waals surface area contributed by atoms with E-state index >= 15 is 0 Å². The zero-order valence-corrected chi connectivity index (χ0v) is 16.3. The number of nitrogens with one attached hydrogen (secondary N) is 1. The highest BCUT2D eigenvalue weighted by atomic mass is 16.5. The molecule has 27 heavy (non-hydrogen) atoms. The van der Waals surface area contributed by atoms with Gasteiger partial charge in [-0.25, -0.2) is 0 Å². The van der Waals surface area contributed by atoms with E-state index in [0.717, 1.165) is 18.4 Å². The van der Waals surface area contributed by atoms with E-state index in [0.29, 0.717) is 36.4 Å². The predicted octanol–water partition coefficient (Wildman–Crippen LogP) is 4.14. The predicted molar refractivity (Wildman–Crippen MR) is 108 cm³/mol. The molecule has 5 nitrogen and oxygen atoms in total. The minimum Gasteiger partial charge on any atom is -0.493 e. The van der Waals surface area contributed by atoms with E-state index in [1.165, 1.54) is 0 Å². The van der Waals surface area contributed by atoms with E-state index in [9.17, 15) is 9.59 Å². The van der Waals surface area contributed by atoms with Gasteiger partial charge in [0.1, 0.15) is 5.75 Å². The summed E-state index contributed by atoms with van der Waals surface area (Å²) < 4.78 is 5.73. The Morgan fingerprint density at radius 1 is 1.04 bits per heavy atom. The molecule has 0 radical (unpaired) electrons. The van der Waals surface area contributed by atoms with Gasteiger partial charge in [0.25, 0.3) is 5.91 Å². The van der Waals surface area contributed by atoms with Gasteiger partial charge in [-0.3, -0.25) is 9.59 Å². The number of anilines is 1. The van der Waals surface area contributed by atoms with Crippen LogP contribution in [0, 0.1) is 0 Å². The number of carbonyl (C=O) groups excluding carboxylic acids is 2. The molecule has 0 aromatic heterocycles. The molecule has 0 spiro atoms. The molecule has 0 bridgehead atoms. The number of ether oxygens (including phenoxy) is 1. The Labute approximate surface area is 161 Å². The van der Waals surface area contributed by atoms with E-state index in [2.05, 4.69) is 12.2 Å². The second-order valence-corrected chi connectivity index (χ2v) is 6.64. The zero-order chi connectivity index (χ0) is 19.6. The van der Waals surface area contributed by atoms with Crippen LogP contribution in [-0.2, 0) is 11.2 Å². The molecule has 0 heterocycles. The molecule has 0 aliphatic rings. The van der Waals surface area contributed by atoms with Crippen molar-refractivity contribution in [1.29, 1.82) is 0 Å². The number of benzene rings is 2. The fourth-order valence-electron chi connectivity index (χ4n) is 2.53. The largest absolute Gasteiger partial charge is 0.493 e. The van der Waals surface area contributed by atoms with Crippen LogP contribution in [0.5, 0.6) is 5.75 Å². The first kappa shape index (κ1) is 20.5. The van der Waals surface area contributed by atoms with E-state index in [4.69, 9.17) is 4.74 Å². The molecule has 0 unspecified atom stereocenters. The number of carbonyl (C=O) groups is 2. The molecule has 2 amide bonds. The number of rotatable bonds is 9. The van der Waals surface area contributed by atoms with E-state index in [1.807, 2.05) is 42.5 Å². The molecule has 0 saturated carbocycles. The van der Waals surface area contributed by atoms with Gasteiger partial charge in [0.15, 0.2) is 0 Å². The van der Waals surface area contributed by atoms with Crippen molar-refractivity contribution in [2.24, 2.45) is 0 Å². The number of amides is 2. The molecular formula is C22H28N2O3. The van der Waals surface area contributed by atoms with Gasteiger partial charge in [-0.15, -0.1) is 0 Å². The van der Waals surface area contributed by atoms with E-state index in [-0.39, 0.29) is 11.8 Å². The van der Waals surface area contributed by atoms with Gasteiger partial charge >= 0.3 is 0 Å². The van der Waals surface area contributed by atoms with Crippen molar-refractivity contribution in [1.82, 2.24) is 4.90 Å². The van der Waals surface area contributed by atoms with Gasteiger partial charge in [0.05, 0.1) is 12.2 Å². The van der Waals surface area contributed by atoms with Crippen molar-refractivity contribution in [3.05, 3.63) is 59.7 Å². The summed E-state index contributed by atoms with van der Waals surface area (Å²) in [4.78, 5) is 25.9. The fourth-order valence-corrected chi connectivity index (χ4v) is 2.53. The van der Waals surface area contributed by atoms with Gasteiger partial charge in [0.2, 0.25) is 5.91 Å². The topological polar surface area (TPSA) is 58.6 Å². The van der Waals surface area contributed by atoms with Crippen molar-refractivity contribution in [3.8, 4) is 5.75 Å². The van der Waals surface area contributed by atoms with Gasteiger partial charge in [-0.05, 0) is 42.7 Å². The highest BCUT2D eigenvalue weighted by molar-refractivity contribution is 6.06. The second kappa shape index (κ2) is 10.4. The third-order valence-electron chi connectivity index (χ3n) is 4.23. The maximum absolute atomic E-state index is 12.6. The minimum absolute atomic E-state index is 0.104. The van der Waals surface area contributed by atoms with Crippen molar-refractivity contribution in [3.63, 3.8) is 0 Å². The molecule has 2 aromatic carbocycles. The molecular weight excluding hydrogens is 340 g/mol. The molecule has 144 valence electrons. The van der Waals surface area contributed by atoms with Crippen LogP contribution in [0.15, 0.2) is 48.5 Å². The van der Waals surface area contributed by atoms with Crippen LogP contribution in [0.25, 0.3) is 0 Å². The quantitative estimate of drug-likeness (QED) is 0.677. The molecule has 1 N–H and O–H groups in total. The van der Waals surface area contributed by atoms with Crippen molar-refractivity contribution in [2.75, 3.05) is 26.0 Å². The Morgan fingerprint density at radius 3 is 2.41 bits per heavy atom. The summed E-state index contributed by atoms with van der Waals surface area (Å²) in [6, 6.07) is 14.8. The maximum atomic E-state index is 12.6. The van der Waals surface area contributed by atoms with Crippen molar-refractivity contribution >= 4 is 17.5 Å². The second-order valence-electron chi connectivity index (χ2n) is 6.64. The summed E-state index contributed by atoms with van der Waals surface area (Å²) in [5.74, 6) is 0.506. The first-order valence-electron chi connectivity index (χ1n) is 9.33. The van der Waals surface area contributed by atoms with Crippen LogP contribution in [0.1, 0.15) is 42.1 Å². The number of nitrogens with zero attached hydrogens (tertiary/aromatic N) is 1. The first-order chi connectivity index (χ1) is 13.0. The summed E-state index contributed by atoms with van der Waals surface area (Å²) in [6.45, 7) is 2.70. The third kappa shape index (κ3) is 6.44. The van der Waals surface area contributed by atoms with Gasteiger partial charge in [-0.2, -0.15) is 0 Å². The smallest absolute Gasteiger partial charge is 0.259 e. The van der Waals surface area contributed by atoms with Gasteiger partial charge < -0.3 is 15.0 Å². The van der Waals surface area contributed by atoms with Crippen molar-refractivity contribution < 1.29 is 14.3 Å². The lowest BCUT2D eigenvalue weighted by Gasteiger charge is -2.12. The van der Waals surface area contributed by atoms with Crippen LogP contribution in [0.4, 0.5) is 5.69 Å². The Kier molecular flexibility index (Phi) is 7.86. The number of hydrogen-bond donors (Lipinski definition) is 1.